The second-order valence-corrected chi connectivity index (χ2v) is 6.75. The van der Waals surface area contributed by atoms with E-state index >= 15 is 0 Å². The van der Waals surface area contributed by atoms with Crippen molar-refractivity contribution in [1.82, 2.24) is 0 Å². The summed E-state index contributed by atoms with van der Waals surface area (Å²) in [5.41, 5.74) is 0.618. The third kappa shape index (κ3) is 3.12. The molecule has 2 aromatic carbocycles. The van der Waals surface area contributed by atoms with Gasteiger partial charge in [-0.3, -0.25) is 4.72 Å². The van der Waals surface area contributed by atoms with Gasteiger partial charge in [0.2, 0.25) is 0 Å². The summed E-state index contributed by atoms with van der Waals surface area (Å²) in [5, 5.41) is 8.90. The Balaban J connectivity index is 2.47. The molecule has 0 aliphatic carbocycles. The van der Waals surface area contributed by atoms with Crippen molar-refractivity contribution < 1.29 is 8.42 Å². The summed E-state index contributed by atoms with van der Waals surface area (Å²) in [7, 11) is -3.86. The maximum atomic E-state index is 12.3. The molecule has 0 spiro atoms. The first-order valence-corrected chi connectivity index (χ1v) is 8.06. The topological polar surface area (TPSA) is 70.0 Å². The van der Waals surface area contributed by atoms with E-state index in [9.17, 15) is 8.42 Å². The Kier molecular flexibility index (Phi) is 4.33. The van der Waals surface area contributed by atoms with E-state index in [0.29, 0.717) is 10.2 Å². The molecule has 0 amide bonds. The number of nitrogens with zero attached hydrogens (tertiary/aromatic N) is 1. The van der Waals surface area contributed by atoms with Crippen LogP contribution in [0.5, 0.6) is 0 Å². The van der Waals surface area contributed by atoms with Crippen LogP contribution in [0.1, 0.15) is 5.56 Å². The number of sulfonamides is 1. The SMILES string of the molecule is N#Cc1ccc(Cl)c(S(=O)(=O)Nc2ccccc2Br)c1. The molecule has 0 atom stereocenters. The first-order chi connectivity index (χ1) is 9.44. The molecule has 0 heterocycles. The Bertz CT molecular complexity index is 800. The quantitative estimate of drug-likeness (QED) is 0.892. The van der Waals surface area contributed by atoms with Crippen molar-refractivity contribution in [3.63, 3.8) is 0 Å². The van der Waals surface area contributed by atoms with Crippen molar-refractivity contribution in [1.29, 1.82) is 5.26 Å². The minimum absolute atomic E-state index is 0.0588. The van der Waals surface area contributed by atoms with Gasteiger partial charge in [0, 0.05) is 4.47 Å². The summed E-state index contributed by atoms with van der Waals surface area (Å²) in [6.07, 6.45) is 0. The molecule has 0 saturated heterocycles. The molecule has 0 radical (unpaired) electrons. The van der Waals surface area contributed by atoms with Gasteiger partial charge in [-0.25, -0.2) is 8.42 Å². The lowest BCUT2D eigenvalue weighted by atomic mass is 10.2. The zero-order valence-electron chi connectivity index (χ0n) is 9.97. The van der Waals surface area contributed by atoms with Crippen LogP contribution in [0.4, 0.5) is 5.69 Å². The number of benzene rings is 2. The lowest BCUT2D eigenvalue weighted by Crippen LogP contribution is -2.14. The van der Waals surface area contributed by atoms with E-state index in [-0.39, 0.29) is 15.5 Å². The Morgan fingerprint density at radius 3 is 2.55 bits per heavy atom. The van der Waals surface area contributed by atoms with Crippen LogP contribution in [0.15, 0.2) is 51.8 Å². The average Bonchev–Trinajstić information content (AvgIpc) is 2.41. The lowest BCUT2D eigenvalue weighted by Gasteiger charge is -2.11. The normalized spacial score (nSPS) is 10.8. The van der Waals surface area contributed by atoms with Crippen molar-refractivity contribution in [3.05, 3.63) is 57.5 Å². The lowest BCUT2D eigenvalue weighted by molar-refractivity contribution is 0.601. The molecule has 0 fully saturated rings. The molecule has 2 aromatic rings. The van der Waals surface area contributed by atoms with E-state index in [4.69, 9.17) is 16.9 Å². The number of hydrogen-bond donors (Lipinski definition) is 1. The number of halogens is 2. The number of hydrogen-bond acceptors (Lipinski definition) is 3. The zero-order chi connectivity index (χ0) is 14.8. The second-order valence-electron chi connectivity index (χ2n) is 3.84. The molecule has 1 N–H and O–H groups in total. The largest absolute Gasteiger partial charge is 0.278 e. The van der Waals surface area contributed by atoms with Gasteiger partial charge in [0.1, 0.15) is 4.90 Å². The molecular formula is C13H8BrClN2O2S. The van der Waals surface area contributed by atoms with Gasteiger partial charge in [-0.1, -0.05) is 23.7 Å². The molecule has 0 saturated carbocycles. The first-order valence-electron chi connectivity index (χ1n) is 5.41. The highest BCUT2D eigenvalue weighted by atomic mass is 79.9. The van der Waals surface area contributed by atoms with Crippen LogP contribution in [-0.4, -0.2) is 8.42 Å². The molecule has 2 rings (SSSR count). The monoisotopic (exact) mass is 370 g/mol. The Labute approximate surface area is 130 Å². The van der Waals surface area contributed by atoms with Crippen LogP contribution in [-0.2, 0) is 10.0 Å². The van der Waals surface area contributed by atoms with Gasteiger partial charge in [0.25, 0.3) is 10.0 Å². The second kappa shape index (κ2) is 5.83. The molecular weight excluding hydrogens is 364 g/mol. The molecule has 102 valence electrons. The third-order valence-corrected chi connectivity index (χ3v) is 5.01. The highest BCUT2D eigenvalue weighted by Gasteiger charge is 2.19. The molecule has 7 heteroatoms. The fourth-order valence-electron chi connectivity index (χ4n) is 1.52. The first kappa shape index (κ1) is 14.9. The van der Waals surface area contributed by atoms with Crippen molar-refractivity contribution in [2.75, 3.05) is 4.72 Å². The van der Waals surface area contributed by atoms with Crippen LogP contribution in [0, 0.1) is 11.3 Å². The van der Waals surface area contributed by atoms with Crippen molar-refractivity contribution in [2.24, 2.45) is 0 Å². The Hall–Kier alpha value is -1.55. The Morgan fingerprint density at radius 2 is 1.90 bits per heavy atom. The third-order valence-electron chi connectivity index (χ3n) is 2.47. The predicted octanol–water partition coefficient (Wildman–Crippen LogP) is 3.77. The molecule has 0 bridgehead atoms. The molecule has 0 unspecified atom stereocenters. The smallest absolute Gasteiger partial charge is 0.263 e. The van der Waals surface area contributed by atoms with Crippen LogP contribution in [0.25, 0.3) is 0 Å². The van der Waals surface area contributed by atoms with E-state index in [2.05, 4.69) is 20.7 Å². The average molecular weight is 372 g/mol. The molecule has 20 heavy (non-hydrogen) atoms. The van der Waals surface area contributed by atoms with Crippen molar-refractivity contribution in [2.45, 2.75) is 4.90 Å². The minimum Gasteiger partial charge on any atom is -0.278 e. The van der Waals surface area contributed by atoms with Crippen LogP contribution in [0.3, 0.4) is 0 Å². The summed E-state index contributed by atoms with van der Waals surface area (Å²) < 4.78 is 27.7. The van der Waals surface area contributed by atoms with Crippen molar-refractivity contribution in [3.8, 4) is 6.07 Å². The molecule has 0 aromatic heterocycles. The maximum Gasteiger partial charge on any atom is 0.263 e. The summed E-state index contributed by atoms with van der Waals surface area (Å²) in [6, 6.07) is 12.8. The van der Waals surface area contributed by atoms with E-state index < -0.39 is 10.0 Å². The number of rotatable bonds is 3. The molecule has 0 aliphatic heterocycles. The van der Waals surface area contributed by atoms with Crippen molar-refractivity contribution >= 4 is 43.2 Å². The van der Waals surface area contributed by atoms with E-state index in [1.165, 1.54) is 18.2 Å². The molecule has 4 nitrogen and oxygen atoms in total. The number of nitrogens with one attached hydrogen (secondary N) is 1. The standard InChI is InChI=1S/C13H8BrClN2O2S/c14-10-3-1-2-4-12(10)17-20(18,19)13-7-9(8-16)5-6-11(13)15/h1-7,17H. The van der Waals surface area contributed by atoms with Gasteiger partial charge in [0.05, 0.1) is 22.3 Å². The van der Waals surface area contributed by atoms with Crippen LogP contribution in [0.2, 0.25) is 5.02 Å². The minimum atomic E-state index is -3.86. The number of anilines is 1. The van der Waals surface area contributed by atoms with Crippen LogP contribution >= 0.6 is 27.5 Å². The predicted molar refractivity (Wildman–Crippen MR) is 81.1 cm³/mol. The fraction of sp³-hybridized carbons (Fsp3) is 0. The number of nitriles is 1. The van der Waals surface area contributed by atoms with Gasteiger partial charge in [-0.05, 0) is 46.3 Å². The van der Waals surface area contributed by atoms with Gasteiger partial charge >= 0.3 is 0 Å². The maximum absolute atomic E-state index is 12.3. The summed E-state index contributed by atoms with van der Waals surface area (Å²) >= 11 is 9.16. The van der Waals surface area contributed by atoms with Crippen LogP contribution < -0.4 is 4.72 Å². The van der Waals surface area contributed by atoms with Gasteiger partial charge in [-0.15, -0.1) is 0 Å². The summed E-state index contributed by atoms with van der Waals surface area (Å²) in [6.45, 7) is 0. The van der Waals surface area contributed by atoms with Gasteiger partial charge < -0.3 is 0 Å². The van der Waals surface area contributed by atoms with Gasteiger partial charge in [0.15, 0.2) is 0 Å². The van der Waals surface area contributed by atoms with E-state index in [1.54, 1.807) is 24.3 Å². The van der Waals surface area contributed by atoms with Gasteiger partial charge in [-0.2, -0.15) is 5.26 Å². The van der Waals surface area contributed by atoms with E-state index in [1.807, 2.05) is 6.07 Å². The fourth-order valence-corrected chi connectivity index (χ4v) is 3.64. The highest BCUT2D eigenvalue weighted by Crippen LogP contribution is 2.28. The zero-order valence-corrected chi connectivity index (χ0v) is 13.1. The highest BCUT2D eigenvalue weighted by molar-refractivity contribution is 9.10. The number of para-hydroxylation sites is 1. The Morgan fingerprint density at radius 1 is 1.20 bits per heavy atom. The van der Waals surface area contributed by atoms with E-state index in [0.717, 1.165) is 0 Å². The molecule has 0 aliphatic rings. The summed E-state index contributed by atoms with van der Waals surface area (Å²) in [5.74, 6) is 0. The summed E-state index contributed by atoms with van der Waals surface area (Å²) in [4.78, 5) is -0.131.